The van der Waals surface area contributed by atoms with E-state index in [1.807, 2.05) is 0 Å². The van der Waals surface area contributed by atoms with Gasteiger partial charge in [-0.1, -0.05) is 17.7 Å². The number of anilines is 3. The van der Waals surface area contributed by atoms with Crippen LogP contribution in [-0.2, 0) is 10.0 Å². The number of rotatable bonds is 5. The number of hydrogen-bond donors (Lipinski definition) is 2. The molecule has 0 bridgehead atoms. The molecule has 0 aliphatic carbocycles. The van der Waals surface area contributed by atoms with Crippen molar-refractivity contribution in [1.29, 1.82) is 0 Å². The normalized spacial score (nSPS) is 16.4. The third kappa shape index (κ3) is 5.58. The lowest BCUT2D eigenvalue weighted by Gasteiger charge is -2.42. The molecule has 1 unspecified atom stereocenters. The standard InChI is InChI=1S/C23H26N6O2S2/c1-17-4-8-20(9-5-17)29-15-14-28(16-18(29)2)23(32)26-19-6-10-21(11-7-19)33(30,31)27-22-24-12-3-13-25-22/h3-13,18H,14-16H2,1-2H3,(H,26,32)(H,24,25,27). The van der Waals surface area contributed by atoms with E-state index >= 15 is 0 Å². The van der Waals surface area contributed by atoms with Crippen LogP contribution in [0.2, 0.25) is 0 Å². The Hall–Kier alpha value is -3.24. The van der Waals surface area contributed by atoms with Crippen molar-refractivity contribution in [3.05, 3.63) is 72.6 Å². The Morgan fingerprint density at radius 3 is 2.33 bits per heavy atom. The smallest absolute Gasteiger partial charge is 0.264 e. The first kappa shape index (κ1) is 22.9. The lowest BCUT2D eigenvalue weighted by atomic mass is 10.1. The maximum absolute atomic E-state index is 12.5. The van der Waals surface area contributed by atoms with Crippen LogP contribution >= 0.6 is 12.2 Å². The van der Waals surface area contributed by atoms with Crippen LogP contribution in [0.5, 0.6) is 0 Å². The molecule has 1 aliphatic heterocycles. The van der Waals surface area contributed by atoms with Gasteiger partial charge < -0.3 is 15.1 Å². The average Bonchev–Trinajstić information content (AvgIpc) is 2.80. The quantitative estimate of drug-likeness (QED) is 0.534. The lowest BCUT2D eigenvalue weighted by Crippen LogP contribution is -2.54. The maximum atomic E-state index is 12.5. The van der Waals surface area contributed by atoms with Gasteiger partial charge in [-0.05, 0) is 68.5 Å². The van der Waals surface area contributed by atoms with Crippen molar-refractivity contribution in [2.75, 3.05) is 34.6 Å². The van der Waals surface area contributed by atoms with Gasteiger partial charge in [-0.2, -0.15) is 0 Å². The molecule has 10 heteroatoms. The van der Waals surface area contributed by atoms with Crippen molar-refractivity contribution in [2.24, 2.45) is 0 Å². The minimum Gasteiger partial charge on any atom is -0.365 e. The molecule has 172 valence electrons. The third-order valence-corrected chi connectivity index (χ3v) is 7.19. The minimum absolute atomic E-state index is 0.0276. The summed E-state index contributed by atoms with van der Waals surface area (Å²) in [5.41, 5.74) is 3.19. The second kappa shape index (κ2) is 9.72. The zero-order valence-electron chi connectivity index (χ0n) is 18.5. The molecule has 2 aromatic carbocycles. The van der Waals surface area contributed by atoms with E-state index in [0.29, 0.717) is 11.2 Å². The molecule has 0 spiro atoms. The summed E-state index contributed by atoms with van der Waals surface area (Å²) in [6, 6.07) is 16.9. The number of sulfonamides is 1. The second-order valence-corrected chi connectivity index (χ2v) is 10.0. The Balaban J connectivity index is 1.35. The van der Waals surface area contributed by atoms with E-state index < -0.39 is 10.0 Å². The van der Waals surface area contributed by atoms with E-state index in [0.717, 1.165) is 25.3 Å². The van der Waals surface area contributed by atoms with Crippen LogP contribution in [0.25, 0.3) is 0 Å². The SMILES string of the molecule is Cc1ccc(N2CCN(C(=S)Nc3ccc(S(=O)(=O)Nc4ncccn4)cc3)CC2C)cc1. The highest BCUT2D eigenvalue weighted by Gasteiger charge is 2.25. The summed E-state index contributed by atoms with van der Waals surface area (Å²) in [5.74, 6) is 0.0276. The molecule has 8 nitrogen and oxygen atoms in total. The molecule has 0 radical (unpaired) electrons. The monoisotopic (exact) mass is 482 g/mol. The predicted molar refractivity (Wildman–Crippen MR) is 135 cm³/mol. The molecule has 2 heterocycles. The summed E-state index contributed by atoms with van der Waals surface area (Å²) in [6.07, 6.45) is 2.94. The van der Waals surface area contributed by atoms with Crippen LogP contribution < -0.4 is 14.9 Å². The highest BCUT2D eigenvalue weighted by Crippen LogP contribution is 2.22. The number of thiocarbonyl (C=S) groups is 1. The zero-order valence-corrected chi connectivity index (χ0v) is 20.1. The van der Waals surface area contributed by atoms with Gasteiger partial charge in [0.25, 0.3) is 10.0 Å². The highest BCUT2D eigenvalue weighted by molar-refractivity contribution is 7.92. The molecule has 1 fully saturated rings. The van der Waals surface area contributed by atoms with Gasteiger partial charge in [0.2, 0.25) is 5.95 Å². The number of nitrogens with one attached hydrogen (secondary N) is 2. The number of aromatic nitrogens is 2. The number of benzene rings is 2. The molecule has 1 atom stereocenters. The van der Waals surface area contributed by atoms with Gasteiger partial charge in [0.15, 0.2) is 5.11 Å². The molecule has 33 heavy (non-hydrogen) atoms. The first-order valence-electron chi connectivity index (χ1n) is 10.6. The van der Waals surface area contributed by atoms with E-state index in [9.17, 15) is 8.42 Å². The lowest BCUT2D eigenvalue weighted by molar-refractivity contribution is 0.342. The Kier molecular flexibility index (Phi) is 6.75. The topological polar surface area (TPSA) is 90.5 Å². The van der Waals surface area contributed by atoms with Gasteiger partial charge in [-0.3, -0.25) is 0 Å². The van der Waals surface area contributed by atoms with E-state index in [1.165, 1.54) is 35.8 Å². The van der Waals surface area contributed by atoms with E-state index in [2.05, 4.69) is 67.9 Å². The fourth-order valence-corrected chi connectivity index (χ4v) is 4.95. The van der Waals surface area contributed by atoms with Gasteiger partial charge in [-0.25, -0.2) is 23.1 Å². The molecule has 1 aromatic heterocycles. The summed E-state index contributed by atoms with van der Waals surface area (Å²) in [6.45, 7) is 6.75. The summed E-state index contributed by atoms with van der Waals surface area (Å²) in [7, 11) is -3.77. The van der Waals surface area contributed by atoms with Crippen LogP contribution in [0.4, 0.5) is 17.3 Å². The molecular weight excluding hydrogens is 456 g/mol. The van der Waals surface area contributed by atoms with Crippen molar-refractivity contribution in [1.82, 2.24) is 14.9 Å². The molecule has 0 amide bonds. The number of piperazine rings is 1. The van der Waals surface area contributed by atoms with Gasteiger partial charge in [0.1, 0.15) is 0 Å². The van der Waals surface area contributed by atoms with Gasteiger partial charge >= 0.3 is 0 Å². The Bertz CT molecular complexity index is 1200. The Morgan fingerprint density at radius 2 is 1.70 bits per heavy atom. The van der Waals surface area contributed by atoms with Crippen LogP contribution in [-0.4, -0.2) is 54.1 Å². The molecule has 3 aromatic rings. The number of hydrogen-bond acceptors (Lipinski definition) is 6. The molecule has 1 saturated heterocycles. The number of nitrogens with zero attached hydrogens (tertiary/aromatic N) is 4. The van der Waals surface area contributed by atoms with E-state index in [1.54, 1.807) is 18.2 Å². The van der Waals surface area contributed by atoms with E-state index in [-0.39, 0.29) is 10.8 Å². The average molecular weight is 483 g/mol. The van der Waals surface area contributed by atoms with Crippen LogP contribution in [0, 0.1) is 6.92 Å². The largest absolute Gasteiger partial charge is 0.365 e. The first-order valence-corrected chi connectivity index (χ1v) is 12.5. The summed E-state index contributed by atoms with van der Waals surface area (Å²) < 4.78 is 27.4. The summed E-state index contributed by atoms with van der Waals surface area (Å²) in [5, 5.41) is 3.84. The molecule has 4 rings (SSSR count). The molecule has 0 saturated carbocycles. The fraction of sp³-hybridized carbons (Fsp3) is 0.261. The highest BCUT2D eigenvalue weighted by atomic mass is 32.2. The van der Waals surface area contributed by atoms with Gasteiger partial charge in [0, 0.05) is 49.4 Å². The Labute approximate surface area is 199 Å². The van der Waals surface area contributed by atoms with Crippen molar-refractivity contribution in [3.8, 4) is 0 Å². The fourth-order valence-electron chi connectivity index (χ4n) is 3.71. The summed E-state index contributed by atoms with van der Waals surface area (Å²) >= 11 is 5.62. The van der Waals surface area contributed by atoms with Crippen LogP contribution in [0.3, 0.4) is 0 Å². The molecule has 2 N–H and O–H groups in total. The van der Waals surface area contributed by atoms with Crippen molar-refractivity contribution < 1.29 is 8.42 Å². The summed E-state index contributed by atoms with van der Waals surface area (Å²) in [4.78, 5) is 12.4. The zero-order chi connectivity index (χ0) is 23.4. The third-order valence-electron chi connectivity index (χ3n) is 5.49. The molecule has 1 aliphatic rings. The van der Waals surface area contributed by atoms with Gasteiger partial charge in [0.05, 0.1) is 4.90 Å². The van der Waals surface area contributed by atoms with Crippen molar-refractivity contribution in [2.45, 2.75) is 24.8 Å². The van der Waals surface area contributed by atoms with Crippen molar-refractivity contribution >= 4 is 44.7 Å². The maximum Gasteiger partial charge on any atom is 0.264 e. The first-order chi connectivity index (χ1) is 15.8. The van der Waals surface area contributed by atoms with Crippen molar-refractivity contribution in [3.63, 3.8) is 0 Å². The molecular formula is C23H26N6O2S2. The number of aryl methyl sites for hydroxylation is 1. The predicted octanol–water partition coefficient (Wildman–Crippen LogP) is 3.49. The van der Waals surface area contributed by atoms with E-state index in [4.69, 9.17) is 12.2 Å². The Morgan fingerprint density at radius 1 is 1.03 bits per heavy atom. The minimum atomic E-state index is -3.77. The van der Waals surface area contributed by atoms with Crippen LogP contribution in [0.1, 0.15) is 12.5 Å². The van der Waals surface area contributed by atoms with Crippen LogP contribution in [0.15, 0.2) is 71.9 Å². The second-order valence-electron chi connectivity index (χ2n) is 7.96. The van der Waals surface area contributed by atoms with Gasteiger partial charge in [-0.15, -0.1) is 0 Å².